The number of carbonyl (C=O) groups excluding carboxylic acids is 1. The monoisotopic (exact) mass is 742 g/mol. The predicted molar refractivity (Wildman–Crippen MR) is 177 cm³/mol. The SMILES string of the molecule is O=C(/C=C/c1ccc(O)cc1)O[C@H]1[C@H](Oc2c(-c3ccc(O)c(O)c3)oc3cc(O)cc(O)c3c2=O)O[C@@H](CO[C@@H]2OC[C@@H](O)[C@@H](O)[C@H]2O)[C@@H](O)[C@H]1O. The predicted octanol–water partition coefficient (Wildman–Crippen LogP) is -0.106. The molecule has 0 unspecified atom stereocenters. The van der Waals surface area contributed by atoms with Crippen LogP contribution in [0.3, 0.4) is 0 Å². The van der Waals surface area contributed by atoms with Crippen LogP contribution in [-0.2, 0) is 23.7 Å². The fourth-order valence-corrected chi connectivity index (χ4v) is 5.65. The van der Waals surface area contributed by atoms with Gasteiger partial charge in [-0.15, -0.1) is 0 Å². The topological polar surface area (TPSA) is 296 Å². The van der Waals surface area contributed by atoms with Crippen LogP contribution in [0.4, 0.5) is 0 Å². The van der Waals surface area contributed by atoms with E-state index in [1.807, 2.05) is 0 Å². The van der Waals surface area contributed by atoms with Crippen molar-refractivity contribution in [2.24, 2.45) is 0 Å². The number of aliphatic hydroxyl groups is 5. The molecular formula is C35H34O18. The maximum atomic E-state index is 14.0. The average Bonchev–Trinajstić information content (AvgIpc) is 3.12. The highest BCUT2D eigenvalue weighted by Crippen LogP contribution is 2.40. The smallest absolute Gasteiger partial charge is 0.331 e. The molecule has 3 aromatic carbocycles. The molecule has 53 heavy (non-hydrogen) atoms. The van der Waals surface area contributed by atoms with E-state index in [1.54, 1.807) is 0 Å². The molecule has 2 aliphatic heterocycles. The fourth-order valence-electron chi connectivity index (χ4n) is 5.65. The van der Waals surface area contributed by atoms with Crippen LogP contribution in [0.2, 0.25) is 0 Å². The standard InChI is InChI=1S/C35H34O18/c36-16-5-1-14(2-6-16)3-8-24(42)52-33-29(46)27(44)23(13-49-34-30(47)26(43)21(41)12-48-34)51-35(33)53-32-28(45)25-20(40)10-17(37)11-22(25)50-31(32)15-4-7-18(38)19(39)9-15/h1-11,21,23,26-27,29-30,33-41,43-44,46-47H,12-13H2/b8-3+/t21-,23+,26-,27-,29-,30-,33-,34+,35+/m1/s1. The van der Waals surface area contributed by atoms with Gasteiger partial charge in [-0.2, -0.15) is 0 Å². The molecule has 0 saturated carbocycles. The van der Waals surface area contributed by atoms with Gasteiger partial charge in [0, 0.05) is 23.8 Å². The van der Waals surface area contributed by atoms with Crippen molar-refractivity contribution in [1.82, 2.24) is 0 Å². The van der Waals surface area contributed by atoms with Crippen LogP contribution >= 0.6 is 0 Å². The second-order valence-electron chi connectivity index (χ2n) is 12.2. The summed E-state index contributed by atoms with van der Waals surface area (Å²) in [5.41, 5.74) is -1.03. The highest BCUT2D eigenvalue weighted by Gasteiger charge is 2.49. The quantitative estimate of drug-likeness (QED) is 0.0608. The van der Waals surface area contributed by atoms with Gasteiger partial charge in [0.15, 0.2) is 29.7 Å². The van der Waals surface area contributed by atoms with E-state index >= 15 is 0 Å². The number of carbonyl (C=O) groups is 1. The van der Waals surface area contributed by atoms with E-state index in [-0.39, 0.29) is 16.9 Å². The Bertz CT molecular complexity index is 2040. The number of esters is 1. The lowest BCUT2D eigenvalue weighted by molar-refractivity contribution is -0.308. The minimum atomic E-state index is -2.02. The molecule has 10 N–H and O–H groups in total. The number of ether oxygens (including phenoxy) is 5. The van der Waals surface area contributed by atoms with Crippen LogP contribution in [0.5, 0.6) is 34.5 Å². The molecule has 18 nitrogen and oxygen atoms in total. The van der Waals surface area contributed by atoms with E-state index < -0.39 is 120 Å². The number of fused-ring (bicyclic) bond motifs is 1. The van der Waals surface area contributed by atoms with Gasteiger partial charge in [0.2, 0.25) is 17.5 Å². The van der Waals surface area contributed by atoms with Gasteiger partial charge in [-0.25, -0.2) is 4.79 Å². The molecule has 0 spiro atoms. The molecule has 1 aromatic heterocycles. The van der Waals surface area contributed by atoms with Gasteiger partial charge in [0.1, 0.15) is 64.8 Å². The fraction of sp³-hybridized carbons (Fsp3) is 0.314. The second kappa shape index (κ2) is 15.3. The Morgan fingerprint density at radius 2 is 1.53 bits per heavy atom. The van der Waals surface area contributed by atoms with E-state index in [0.717, 1.165) is 30.3 Å². The minimum Gasteiger partial charge on any atom is -0.508 e. The van der Waals surface area contributed by atoms with Gasteiger partial charge >= 0.3 is 5.97 Å². The zero-order valence-corrected chi connectivity index (χ0v) is 27.2. The first-order chi connectivity index (χ1) is 25.2. The van der Waals surface area contributed by atoms with Crippen molar-refractivity contribution in [3.05, 3.63) is 76.5 Å². The van der Waals surface area contributed by atoms with Crippen LogP contribution in [0.25, 0.3) is 28.4 Å². The van der Waals surface area contributed by atoms with Crippen LogP contribution < -0.4 is 10.2 Å². The lowest BCUT2D eigenvalue weighted by Crippen LogP contribution is -2.62. The van der Waals surface area contributed by atoms with Gasteiger partial charge in [0.05, 0.1) is 13.2 Å². The maximum absolute atomic E-state index is 14.0. The number of rotatable bonds is 9. The first kappa shape index (κ1) is 37.3. The van der Waals surface area contributed by atoms with E-state index in [2.05, 4.69) is 0 Å². The molecule has 0 radical (unpaired) electrons. The molecule has 282 valence electrons. The Morgan fingerprint density at radius 3 is 2.25 bits per heavy atom. The highest BCUT2D eigenvalue weighted by molar-refractivity contribution is 5.89. The third kappa shape index (κ3) is 7.84. The van der Waals surface area contributed by atoms with Gasteiger partial charge in [-0.1, -0.05) is 12.1 Å². The normalized spacial score (nSPS) is 27.5. The summed E-state index contributed by atoms with van der Waals surface area (Å²) in [7, 11) is 0. The molecular weight excluding hydrogens is 708 g/mol. The number of aliphatic hydroxyl groups excluding tert-OH is 5. The lowest BCUT2D eigenvalue weighted by Gasteiger charge is -2.42. The molecule has 2 saturated heterocycles. The maximum Gasteiger partial charge on any atom is 0.331 e. The summed E-state index contributed by atoms with van der Waals surface area (Å²) in [5.74, 6) is -4.71. The summed E-state index contributed by atoms with van der Waals surface area (Å²) in [5, 5.41) is 102. The zero-order chi connectivity index (χ0) is 38.1. The first-order valence-electron chi connectivity index (χ1n) is 15.9. The molecule has 0 bridgehead atoms. The number of benzene rings is 3. The highest BCUT2D eigenvalue weighted by atomic mass is 16.7. The zero-order valence-electron chi connectivity index (χ0n) is 27.2. The number of hydrogen-bond acceptors (Lipinski definition) is 18. The van der Waals surface area contributed by atoms with Crippen molar-refractivity contribution in [2.75, 3.05) is 13.2 Å². The number of hydrogen-bond donors (Lipinski definition) is 10. The van der Waals surface area contributed by atoms with E-state index in [1.165, 1.54) is 36.4 Å². The van der Waals surface area contributed by atoms with Gasteiger partial charge in [-0.3, -0.25) is 4.79 Å². The first-order valence-corrected chi connectivity index (χ1v) is 15.9. The molecule has 0 aliphatic carbocycles. The van der Waals surface area contributed by atoms with Crippen molar-refractivity contribution in [3.8, 4) is 45.8 Å². The third-order valence-electron chi connectivity index (χ3n) is 8.47. The summed E-state index contributed by atoms with van der Waals surface area (Å²) in [6, 6.07) is 10.9. The third-order valence-corrected chi connectivity index (χ3v) is 8.47. The Hall–Kier alpha value is -5.44. The van der Waals surface area contributed by atoms with Crippen LogP contribution in [0, 0.1) is 0 Å². The second-order valence-corrected chi connectivity index (χ2v) is 12.2. The van der Waals surface area contributed by atoms with Gasteiger partial charge < -0.3 is 79.2 Å². The summed E-state index contributed by atoms with van der Waals surface area (Å²) in [4.78, 5) is 27.0. The summed E-state index contributed by atoms with van der Waals surface area (Å²) < 4.78 is 33.8. The van der Waals surface area contributed by atoms with E-state index in [9.17, 15) is 60.7 Å². The molecule has 9 atom stereocenters. The van der Waals surface area contributed by atoms with Gasteiger partial charge in [0.25, 0.3) is 0 Å². The van der Waals surface area contributed by atoms with E-state index in [4.69, 9.17) is 28.1 Å². The molecule has 0 amide bonds. The van der Waals surface area contributed by atoms with Gasteiger partial charge in [-0.05, 0) is 42.0 Å². The number of phenolic OH excluding ortho intramolecular Hbond substituents is 5. The van der Waals surface area contributed by atoms with Crippen molar-refractivity contribution in [2.45, 2.75) is 55.3 Å². The largest absolute Gasteiger partial charge is 0.508 e. The minimum absolute atomic E-state index is 0.0248. The van der Waals surface area contributed by atoms with Crippen LogP contribution in [0.1, 0.15) is 5.56 Å². The number of phenols is 5. The molecule has 18 heteroatoms. The molecule has 4 aromatic rings. The Kier molecular flexibility index (Phi) is 10.8. The van der Waals surface area contributed by atoms with Crippen molar-refractivity contribution >= 4 is 23.0 Å². The summed E-state index contributed by atoms with van der Waals surface area (Å²) in [6.07, 6.45) is -13.4. The lowest BCUT2D eigenvalue weighted by atomic mass is 9.98. The molecule has 2 fully saturated rings. The molecule has 3 heterocycles. The van der Waals surface area contributed by atoms with Crippen LogP contribution in [0.15, 0.2) is 69.9 Å². The Balaban J connectivity index is 1.37. The Morgan fingerprint density at radius 1 is 0.792 bits per heavy atom. The number of aromatic hydroxyl groups is 5. The summed E-state index contributed by atoms with van der Waals surface area (Å²) >= 11 is 0. The van der Waals surface area contributed by atoms with E-state index in [0.29, 0.717) is 5.56 Å². The Labute approximate surface area is 297 Å². The van der Waals surface area contributed by atoms with Crippen molar-refractivity contribution in [1.29, 1.82) is 0 Å². The van der Waals surface area contributed by atoms with Crippen LogP contribution in [-0.4, -0.2) is 126 Å². The molecule has 2 aliphatic rings. The van der Waals surface area contributed by atoms with Crippen molar-refractivity contribution < 1.29 is 84.0 Å². The average molecular weight is 743 g/mol. The summed E-state index contributed by atoms with van der Waals surface area (Å²) in [6.45, 7) is -1.09. The molecule has 6 rings (SSSR count). The van der Waals surface area contributed by atoms with Crippen molar-refractivity contribution in [3.63, 3.8) is 0 Å².